The van der Waals surface area contributed by atoms with E-state index in [1.165, 1.54) is 12.1 Å². The first-order valence-corrected chi connectivity index (χ1v) is 6.72. The van der Waals surface area contributed by atoms with Gasteiger partial charge in [-0.15, -0.1) is 0 Å². The second kappa shape index (κ2) is 5.80. The molecule has 2 rings (SSSR count). The molecule has 4 nitrogen and oxygen atoms in total. The van der Waals surface area contributed by atoms with E-state index in [9.17, 15) is 9.90 Å². The van der Waals surface area contributed by atoms with Crippen molar-refractivity contribution in [2.24, 2.45) is 5.41 Å². The third-order valence-corrected chi connectivity index (χ3v) is 3.82. The number of phenols is 1. The number of hydrogen-bond acceptors (Lipinski definition) is 3. The van der Waals surface area contributed by atoms with Gasteiger partial charge in [0, 0.05) is 24.8 Å². The molecule has 0 aromatic heterocycles. The predicted molar refractivity (Wildman–Crippen MR) is 73.6 cm³/mol. The van der Waals surface area contributed by atoms with Crippen LogP contribution in [0.4, 0.5) is 0 Å². The van der Waals surface area contributed by atoms with Crippen LogP contribution in [0, 0.1) is 5.41 Å². The van der Waals surface area contributed by atoms with E-state index in [0.717, 1.165) is 26.1 Å². The van der Waals surface area contributed by atoms with Crippen molar-refractivity contribution < 1.29 is 14.6 Å². The topological polar surface area (TPSA) is 58.6 Å². The molecule has 104 valence electrons. The number of amides is 1. The number of benzene rings is 1. The molecule has 2 N–H and O–H groups in total. The van der Waals surface area contributed by atoms with Gasteiger partial charge in [-0.25, -0.2) is 0 Å². The Bertz CT molecular complexity index is 470. The van der Waals surface area contributed by atoms with Gasteiger partial charge in [-0.2, -0.15) is 0 Å². The van der Waals surface area contributed by atoms with Crippen LogP contribution in [-0.4, -0.2) is 30.8 Å². The molecule has 1 heterocycles. The molecule has 1 aromatic carbocycles. The van der Waals surface area contributed by atoms with E-state index in [2.05, 4.69) is 12.2 Å². The Kier molecular flexibility index (Phi) is 4.32. The Morgan fingerprint density at radius 1 is 1.47 bits per heavy atom. The van der Waals surface area contributed by atoms with Gasteiger partial charge in [0.05, 0.1) is 5.56 Å². The molecular formula is C14H18ClNO3. The molecule has 0 spiro atoms. The maximum absolute atomic E-state index is 12.0. The van der Waals surface area contributed by atoms with Crippen molar-refractivity contribution in [3.8, 4) is 5.75 Å². The molecule has 0 radical (unpaired) electrons. The number of hydrogen-bond donors (Lipinski definition) is 2. The van der Waals surface area contributed by atoms with Crippen LogP contribution in [-0.2, 0) is 4.74 Å². The first-order valence-electron chi connectivity index (χ1n) is 6.35. The Hall–Kier alpha value is -1.26. The third kappa shape index (κ3) is 3.61. The van der Waals surface area contributed by atoms with Crippen molar-refractivity contribution in [2.75, 3.05) is 19.8 Å². The van der Waals surface area contributed by atoms with Crippen LogP contribution in [0.3, 0.4) is 0 Å². The van der Waals surface area contributed by atoms with Crippen molar-refractivity contribution in [1.82, 2.24) is 5.32 Å². The summed E-state index contributed by atoms with van der Waals surface area (Å²) in [6.45, 7) is 4.19. The molecular weight excluding hydrogens is 266 g/mol. The van der Waals surface area contributed by atoms with E-state index in [-0.39, 0.29) is 22.6 Å². The first-order chi connectivity index (χ1) is 9.00. The second-order valence-corrected chi connectivity index (χ2v) is 5.70. The van der Waals surface area contributed by atoms with Crippen molar-refractivity contribution in [3.63, 3.8) is 0 Å². The molecule has 1 fully saturated rings. The van der Waals surface area contributed by atoms with Gasteiger partial charge in [-0.1, -0.05) is 18.5 Å². The van der Waals surface area contributed by atoms with Gasteiger partial charge in [0.2, 0.25) is 0 Å². The number of carbonyl (C=O) groups is 1. The minimum atomic E-state index is -0.276. The molecule has 1 aromatic rings. The molecule has 1 aliphatic rings. The van der Waals surface area contributed by atoms with Crippen LogP contribution in [0.5, 0.6) is 5.75 Å². The number of phenolic OH excluding ortho intramolecular Hbond substituents is 1. The Balaban J connectivity index is 1.97. The molecule has 5 heteroatoms. The molecule has 0 bridgehead atoms. The van der Waals surface area contributed by atoms with Crippen LogP contribution in [0.1, 0.15) is 30.1 Å². The van der Waals surface area contributed by atoms with Crippen LogP contribution < -0.4 is 5.32 Å². The van der Waals surface area contributed by atoms with Gasteiger partial charge in [-0.05, 0) is 36.5 Å². The van der Waals surface area contributed by atoms with E-state index in [1.54, 1.807) is 6.07 Å². The summed E-state index contributed by atoms with van der Waals surface area (Å²) >= 11 is 5.74. The molecule has 1 saturated heterocycles. The zero-order valence-electron chi connectivity index (χ0n) is 10.9. The number of carbonyl (C=O) groups excluding carboxylic acids is 1. The van der Waals surface area contributed by atoms with Gasteiger partial charge >= 0.3 is 0 Å². The smallest absolute Gasteiger partial charge is 0.255 e. The summed E-state index contributed by atoms with van der Waals surface area (Å²) in [5, 5.41) is 13.0. The monoisotopic (exact) mass is 283 g/mol. The fourth-order valence-electron chi connectivity index (χ4n) is 2.13. The third-order valence-electron chi connectivity index (χ3n) is 3.58. The van der Waals surface area contributed by atoms with Crippen molar-refractivity contribution in [3.05, 3.63) is 28.8 Å². The van der Waals surface area contributed by atoms with Crippen molar-refractivity contribution in [2.45, 2.75) is 19.8 Å². The number of ether oxygens (including phenoxy) is 1. The lowest BCUT2D eigenvalue weighted by atomic mass is 9.82. The molecule has 0 unspecified atom stereocenters. The van der Waals surface area contributed by atoms with Gasteiger partial charge in [-0.3, -0.25) is 4.79 Å². The van der Waals surface area contributed by atoms with Gasteiger partial charge in [0.1, 0.15) is 5.75 Å². The molecule has 0 atom stereocenters. The van der Waals surface area contributed by atoms with Crippen LogP contribution in [0.15, 0.2) is 18.2 Å². The van der Waals surface area contributed by atoms with Gasteiger partial charge in [0.25, 0.3) is 5.91 Å². The lowest BCUT2D eigenvalue weighted by Gasteiger charge is -2.33. The molecule has 0 aliphatic carbocycles. The Morgan fingerprint density at radius 3 is 2.79 bits per heavy atom. The highest BCUT2D eigenvalue weighted by Gasteiger charge is 2.28. The standard InChI is InChI=1S/C14H18ClNO3/c1-14(4-6-19-7-5-14)9-16-13(18)11-3-2-10(15)8-12(11)17/h2-3,8,17H,4-7,9H2,1H3,(H,16,18). The first kappa shape index (κ1) is 14.2. The fourth-order valence-corrected chi connectivity index (χ4v) is 2.29. The highest BCUT2D eigenvalue weighted by molar-refractivity contribution is 6.30. The van der Waals surface area contributed by atoms with E-state index in [0.29, 0.717) is 11.6 Å². The summed E-state index contributed by atoms with van der Waals surface area (Å²) in [7, 11) is 0. The van der Waals surface area contributed by atoms with E-state index < -0.39 is 0 Å². The number of halogens is 1. The van der Waals surface area contributed by atoms with E-state index in [4.69, 9.17) is 16.3 Å². The maximum Gasteiger partial charge on any atom is 0.255 e. The SMILES string of the molecule is CC1(CNC(=O)c2ccc(Cl)cc2O)CCOCC1. The quantitative estimate of drug-likeness (QED) is 0.896. The minimum Gasteiger partial charge on any atom is -0.507 e. The Labute approximate surface area is 117 Å². The van der Waals surface area contributed by atoms with E-state index in [1.807, 2.05) is 0 Å². The summed E-state index contributed by atoms with van der Waals surface area (Å²) in [5.74, 6) is -0.371. The molecule has 0 saturated carbocycles. The van der Waals surface area contributed by atoms with E-state index >= 15 is 0 Å². The summed E-state index contributed by atoms with van der Waals surface area (Å²) in [6, 6.07) is 4.48. The zero-order chi connectivity index (χ0) is 13.9. The average Bonchev–Trinajstić information content (AvgIpc) is 2.37. The van der Waals surface area contributed by atoms with Crippen LogP contribution in [0.25, 0.3) is 0 Å². The molecule has 1 amide bonds. The maximum atomic E-state index is 12.0. The summed E-state index contributed by atoms with van der Waals surface area (Å²) in [5.41, 5.74) is 0.315. The molecule has 1 aliphatic heterocycles. The zero-order valence-corrected chi connectivity index (χ0v) is 11.7. The van der Waals surface area contributed by atoms with Crippen LogP contribution in [0.2, 0.25) is 5.02 Å². The van der Waals surface area contributed by atoms with Gasteiger partial charge < -0.3 is 15.2 Å². The predicted octanol–water partition coefficient (Wildman–Crippen LogP) is 2.59. The highest BCUT2D eigenvalue weighted by atomic mass is 35.5. The van der Waals surface area contributed by atoms with Crippen LogP contribution >= 0.6 is 11.6 Å². The highest BCUT2D eigenvalue weighted by Crippen LogP contribution is 2.29. The average molecular weight is 284 g/mol. The number of rotatable bonds is 3. The summed E-state index contributed by atoms with van der Waals surface area (Å²) in [6.07, 6.45) is 1.86. The lowest BCUT2D eigenvalue weighted by molar-refractivity contribution is 0.0238. The van der Waals surface area contributed by atoms with Crippen molar-refractivity contribution >= 4 is 17.5 Å². The normalized spacial score (nSPS) is 18.0. The largest absolute Gasteiger partial charge is 0.507 e. The molecule has 19 heavy (non-hydrogen) atoms. The van der Waals surface area contributed by atoms with Crippen molar-refractivity contribution in [1.29, 1.82) is 0 Å². The summed E-state index contributed by atoms with van der Waals surface area (Å²) < 4.78 is 5.32. The minimum absolute atomic E-state index is 0.0654. The fraction of sp³-hybridized carbons (Fsp3) is 0.500. The Morgan fingerprint density at radius 2 is 2.16 bits per heavy atom. The van der Waals surface area contributed by atoms with Gasteiger partial charge in [0.15, 0.2) is 0 Å². The number of aromatic hydroxyl groups is 1. The summed E-state index contributed by atoms with van der Waals surface area (Å²) in [4.78, 5) is 12.0. The lowest BCUT2D eigenvalue weighted by Crippen LogP contribution is -2.39. The second-order valence-electron chi connectivity index (χ2n) is 5.27. The number of nitrogens with one attached hydrogen (secondary N) is 1.